The lowest BCUT2D eigenvalue weighted by Gasteiger charge is -2.23. The van der Waals surface area contributed by atoms with E-state index in [9.17, 15) is 4.79 Å². The molecule has 0 saturated carbocycles. The van der Waals surface area contributed by atoms with Gasteiger partial charge in [-0.05, 0) is 17.2 Å². The molecule has 1 aromatic rings. The van der Waals surface area contributed by atoms with Gasteiger partial charge in [0.15, 0.2) is 0 Å². The lowest BCUT2D eigenvalue weighted by molar-refractivity contribution is -0.138. The van der Waals surface area contributed by atoms with Crippen LogP contribution in [0.25, 0.3) is 0 Å². The van der Waals surface area contributed by atoms with E-state index in [0.717, 1.165) is 24.3 Å². The average Bonchev–Trinajstić information content (AvgIpc) is 2.61. The van der Waals surface area contributed by atoms with Crippen LogP contribution in [0, 0.1) is 0 Å². The highest BCUT2D eigenvalue weighted by atomic mass is 16.5. The minimum Gasteiger partial charge on any atom is -0.493 e. The van der Waals surface area contributed by atoms with Crippen molar-refractivity contribution in [3.63, 3.8) is 0 Å². The van der Waals surface area contributed by atoms with Gasteiger partial charge < -0.3 is 9.84 Å². The quantitative estimate of drug-likeness (QED) is 0.850. The predicted molar refractivity (Wildman–Crippen MR) is 60.9 cm³/mol. The highest BCUT2D eigenvalue weighted by molar-refractivity contribution is 5.69. The molecule has 1 heterocycles. The Balaban J connectivity index is 2.30. The maximum absolute atomic E-state index is 10.8. The first kappa shape index (κ1) is 11.0. The summed E-state index contributed by atoms with van der Waals surface area (Å²) in [5, 5.41) is 8.87. The van der Waals surface area contributed by atoms with Gasteiger partial charge in [0.1, 0.15) is 5.75 Å². The SMILES string of the molecule is CC(C)(CC(=O)O)c1ccc2c(c1)OCC2. The molecule has 16 heavy (non-hydrogen) atoms. The van der Waals surface area contributed by atoms with E-state index in [1.807, 2.05) is 32.0 Å². The largest absolute Gasteiger partial charge is 0.493 e. The summed E-state index contributed by atoms with van der Waals surface area (Å²) in [5.74, 6) is 0.141. The Morgan fingerprint density at radius 1 is 1.50 bits per heavy atom. The van der Waals surface area contributed by atoms with E-state index in [2.05, 4.69) is 0 Å². The lowest BCUT2D eigenvalue weighted by Crippen LogP contribution is -2.21. The third-order valence-electron chi connectivity index (χ3n) is 3.07. The molecule has 0 fully saturated rings. The zero-order valence-corrected chi connectivity index (χ0v) is 9.62. The summed E-state index contributed by atoms with van der Waals surface area (Å²) in [6, 6.07) is 6.03. The van der Waals surface area contributed by atoms with E-state index < -0.39 is 5.97 Å². The van der Waals surface area contributed by atoms with Crippen LogP contribution in [0.15, 0.2) is 18.2 Å². The summed E-state index contributed by atoms with van der Waals surface area (Å²) in [6.07, 6.45) is 1.08. The lowest BCUT2D eigenvalue weighted by atomic mass is 9.81. The number of carboxylic acids is 1. The van der Waals surface area contributed by atoms with E-state index in [1.165, 1.54) is 5.56 Å². The van der Waals surface area contributed by atoms with E-state index in [-0.39, 0.29) is 11.8 Å². The molecule has 2 rings (SSSR count). The topological polar surface area (TPSA) is 46.5 Å². The number of benzene rings is 1. The number of carbonyl (C=O) groups is 1. The molecule has 1 aliphatic rings. The third kappa shape index (κ3) is 2.03. The van der Waals surface area contributed by atoms with Crippen LogP contribution < -0.4 is 4.74 Å². The standard InChI is InChI=1S/C13H16O3/c1-13(2,8-12(14)15)10-4-3-9-5-6-16-11(9)7-10/h3-4,7H,5-6,8H2,1-2H3,(H,14,15). The highest BCUT2D eigenvalue weighted by Gasteiger charge is 2.25. The van der Waals surface area contributed by atoms with Crippen molar-refractivity contribution in [1.82, 2.24) is 0 Å². The first-order chi connectivity index (χ1) is 7.49. The second kappa shape index (κ2) is 3.81. The zero-order valence-electron chi connectivity index (χ0n) is 9.62. The zero-order chi connectivity index (χ0) is 11.8. The average molecular weight is 220 g/mol. The monoisotopic (exact) mass is 220 g/mol. The minimum absolute atomic E-state index is 0.131. The van der Waals surface area contributed by atoms with Crippen LogP contribution in [0.5, 0.6) is 5.75 Å². The fraction of sp³-hybridized carbons (Fsp3) is 0.462. The van der Waals surface area contributed by atoms with Crippen LogP contribution in [0.4, 0.5) is 0 Å². The Labute approximate surface area is 95.0 Å². The number of aliphatic carboxylic acids is 1. The summed E-state index contributed by atoms with van der Waals surface area (Å²) < 4.78 is 5.49. The first-order valence-electron chi connectivity index (χ1n) is 5.47. The van der Waals surface area contributed by atoms with Gasteiger partial charge in [-0.15, -0.1) is 0 Å². The van der Waals surface area contributed by atoms with Crippen LogP contribution in [0.2, 0.25) is 0 Å². The van der Waals surface area contributed by atoms with Crippen molar-refractivity contribution in [2.75, 3.05) is 6.61 Å². The molecule has 0 saturated heterocycles. The van der Waals surface area contributed by atoms with E-state index in [0.29, 0.717) is 0 Å². The summed E-state index contributed by atoms with van der Waals surface area (Å²) >= 11 is 0. The summed E-state index contributed by atoms with van der Waals surface area (Å²) in [4.78, 5) is 10.8. The highest BCUT2D eigenvalue weighted by Crippen LogP contribution is 2.33. The number of ether oxygens (including phenoxy) is 1. The Hall–Kier alpha value is -1.51. The molecule has 0 atom stereocenters. The van der Waals surface area contributed by atoms with Crippen molar-refractivity contribution in [2.45, 2.75) is 32.1 Å². The predicted octanol–water partition coefficient (Wildman–Crippen LogP) is 2.37. The van der Waals surface area contributed by atoms with Crippen molar-refractivity contribution in [3.05, 3.63) is 29.3 Å². The van der Waals surface area contributed by atoms with Crippen LogP contribution in [-0.4, -0.2) is 17.7 Å². The second-order valence-corrected chi connectivity index (χ2v) is 4.88. The molecule has 86 valence electrons. The van der Waals surface area contributed by atoms with Crippen molar-refractivity contribution in [3.8, 4) is 5.75 Å². The third-order valence-corrected chi connectivity index (χ3v) is 3.07. The van der Waals surface area contributed by atoms with E-state index in [1.54, 1.807) is 0 Å². The van der Waals surface area contributed by atoms with Crippen molar-refractivity contribution < 1.29 is 14.6 Å². The molecule has 0 spiro atoms. The molecule has 0 aromatic heterocycles. The first-order valence-corrected chi connectivity index (χ1v) is 5.47. The minimum atomic E-state index is -0.772. The molecule has 0 unspecified atom stereocenters. The summed E-state index contributed by atoms with van der Waals surface area (Å²) in [7, 11) is 0. The normalized spacial score (nSPS) is 14.4. The summed E-state index contributed by atoms with van der Waals surface area (Å²) in [5.41, 5.74) is 1.89. The molecule has 3 nitrogen and oxygen atoms in total. The van der Waals surface area contributed by atoms with Gasteiger partial charge in [-0.1, -0.05) is 26.0 Å². The number of hydrogen-bond donors (Lipinski definition) is 1. The van der Waals surface area contributed by atoms with Crippen LogP contribution in [-0.2, 0) is 16.6 Å². The van der Waals surface area contributed by atoms with Crippen LogP contribution >= 0.6 is 0 Å². The number of fused-ring (bicyclic) bond motifs is 1. The van der Waals surface area contributed by atoms with Gasteiger partial charge in [0.05, 0.1) is 13.0 Å². The molecule has 1 aliphatic heterocycles. The van der Waals surface area contributed by atoms with Crippen molar-refractivity contribution in [2.24, 2.45) is 0 Å². The number of hydrogen-bond acceptors (Lipinski definition) is 2. The van der Waals surface area contributed by atoms with E-state index >= 15 is 0 Å². The molecule has 0 aliphatic carbocycles. The number of rotatable bonds is 3. The van der Waals surface area contributed by atoms with Gasteiger partial charge in [0.2, 0.25) is 0 Å². The summed E-state index contributed by atoms with van der Waals surface area (Å²) in [6.45, 7) is 4.62. The molecular weight excluding hydrogens is 204 g/mol. The molecule has 0 radical (unpaired) electrons. The van der Waals surface area contributed by atoms with Gasteiger partial charge in [-0.25, -0.2) is 0 Å². The van der Waals surface area contributed by atoms with Crippen LogP contribution in [0.1, 0.15) is 31.4 Å². The van der Waals surface area contributed by atoms with Gasteiger partial charge in [0, 0.05) is 11.8 Å². The smallest absolute Gasteiger partial charge is 0.304 e. The van der Waals surface area contributed by atoms with Gasteiger partial charge >= 0.3 is 5.97 Å². The van der Waals surface area contributed by atoms with Gasteiger partial charge in [0.25, 0.3) is 0 Å². The Bertz CT molecular complexity index is 421. The second-order valence-electron chi connectivity index (χ2n) is 4.88. The van der Waals surface area contributed by atoms with Crippen molar-refractivity contribution in [1.29, 1.82) is 0 Å². The molecule has 3 heteroatoms. The van der Waals surface area contributed by atoms with E-state index in [4.69, 9.17) is 9.84 Å². The Morgan fingerprint density at radius 3 is 2.94 bits per heavy atom. The maximum atomic E-state index is 10.8. The molecule has 1 aromatic carbocycles. The Kier molecular flexibility index (Phi) is 2.62. The molecule has 0 amide bonds. The van der Waals surface area contributed by atoms with Crippen molar-refractivity contribution >= 4 is 5.97 Å². The molecule has 0 bridgehead atoms. The fourth-order valence-electron chi connectivity index (χ4n) is 2.07. The Morgan fingerprint density at radius 2 is 2.25 bits per heavy atom. The van der Waals surface area contributed by atoms with Gasteiger partial charge in [-0.2, -0.15) is 0 Å². The van der Waals surface area contributed by atoms with Gasteiger partial charge in [-0.3, -0.25) is 4.79 Å². The number of carboxylic acid groups (broad SMARTS) is 1. The molecule has 1 N–H and O–H groups in total. The van der Waals surface area contributed by atoms with Crippen LogP contribution in [0.3, 0.4) is 0 Å². The fourth-order valence-corrected chi connectivity index (χ4v) is 2.07. The maximum Gasteiger partial charge on any atom is 0.304 e. The molecular formula is C13H16O3.